The molecule has 0 saturated heterocycles. The lowest BCUT2D eigenvalue weighted by atomic mass is 10.0. The molecule has 0 saturated carbocycles. The zero-order valence-corrected chi connectivity index (χ0v) is 12.8. The number of hydrogen-bond donors (Lipinski definition) is 1. The maximum Gasteiger partial charge on any atom is 0.161 e. The molecule has 0 spiro atoms. The summed E-state index contributed by atoms with van der Waals surface area (Å²) in [6.45, 7) is 1.17. The molecule has 2 aromatic rings. The van der Waals surface area contributed by atoms with E-state index in [1.165, 1.54) is 6.07 Å². The van der Waals surface area contributed by atoms with Crippen LogP contribution in [0.15, 0.2) is 40.9 Å². The van der Waals surface area contributed by atoms with E-state index in [4.69, 9.17) is 9.47 Å². The summed E-state index contributed by atoms with van der Waals surface area (Å²) in [7, 11) is 0. The fourth-order valence-corrected chi connectivity index (χ4v) is 2.63. The summed E-state index contributed by atoms with van der Waals surface area (Å²) in [4.78, 5) is 0. The van der Waals surface area contributed by atoms with Crippen LogP contribution in [0.4, 0.5) is 4.39 Å². The fourth-order valence-electron chi connectivity index (χ4n) is 2.25. The van der Waals surface area contributed by atoms with Crippen molar-refractivity contribution < 1.29 is 19.0 Å². The quantitative estimate of drug-likeness (QED) is 0.892. The van der Waals surface area contributed by atoms with Crippen molar-refractivity contribution in [3.8, 4) is 11.5 Å². The van der Waals surface area contributed by atoms with Crippen LogP contribution in [0, 0.1) is 5.82 Å². The summed E-state index contributed by atoms with van der Waals surface area (Å²) < 4.78 is 25.7. The molecule has 1 N–H and O–H groups in total. The highest BCUT2D eigenvalue weighted by Gasteiger charge is 2.18. The minimum absolute atomic E-state index is 0.221. The Morgan fingerprint density at radius 1 is 1.05 bits per heavy atom. The van der Waals surface area contributed by atoms with E-state index < -0.39 is 11.9 Å². The summed E-state index contributed by atoms with van der Waals surface area (Å²) >= 11 is 3.29. The molecule has 3 rings (SSSR count). The van der Waals surface area contributed by atoms with E-state index in [1.807, 2.05) is 0 Å². The van der Waals surface area contributed by atoms with E-state index in [1.54, 1.807) is 30.3 Å². The molecule has 0 amide bonds. The molecule has 1 aliphatic heterocycles. The van der Waals surface area contributed by atoms with E-state index in [-0.39, 0.29) is 5.56 Å². The summed E-state index contributed by atoms with van der Waals surface area (Å²) in [5.41, 5.74) is 0.787. The highest BCUT2D eigenvalue weighted by molar-refractivity contribution is 9.10. The van der Waals surface area contributed by atoms with Gasteiger partial charge in [-0.15, -0.1) is 0 Å². The summed E-state index contributed by atoms with van der Waals surface area (Å²) in [5.74, 6) is 0.787. The number of aliphatic hydroxyl groups excluding tert-OH is 1. The molecule has 1 atom stereocenters. The van der Waals surface area contributed by atoms with Crippen LogP contribution in [0.5, 0.6) is 11.5 Å². The van der Waals surface area contributed by atoms with Crippen LogP contribution in [0.25, 0.3) is 0 Å². The van der Waals surface area contributed by atoms with Crippen molar-refractivity contribution in [1.29, 1.82) is 0 Å². The van der Waals surface area contributed by atoms with E-state index in [9.17, 15) is 9.50 Å². The van der Waals surface area contributed by atoms with Gasteiger partial charge in [0.15, 0.2) is 11.5 Å². The molecule has 0 radical (unpaired) electrons. The predicted molar refractivity (Wildman–Crippen MR) is 80.2 cm³/mol. The molecular formula is C16H14BrFO3. The van der Waals surface area contributed by atoms with Crippen molar-refractivity contribution in [3.05, 3.63) is 57.8 Å². The normalized spacial score (nSPS) is 15.4. The first-order chi connectivity index (χ1) is 10.1. The van der Waals surface area contributed by atoms with Crippen molar-refractivity contribution >= 4 is 15.9 Å². The van der Waals surface area contributed by atoms with Crippen LogP contribution in [0.1, 0.15) is 23.7 Å². The standard InChI is InChI=1S/C16H14BrFO3/c17-11-3-4-13(18)12(9-11)16(19)10-2-5-14-15(8-10)21-7-1-6-20-14/h2-5,8-9,16,19H,1,6-7H2. The Labute approximate surface area is 130 Å². The van der Waals surface area contributed by atoms with Gasteiger partial charge in [0, 0.05) is 16.5 Å². The third kappa shape index (κ3) is 3.04. The molecule has 1 heterocycles. The van der Waals surface area contributed by atoms with Crippen LogP contribution in [0.2, 0.25) is 0 Å². The molecular weight excluding hydrogens is 339 g/mol. The Morgan fingerprint density at radius 2 is 1.81 bits per heavy atom. The van der Waals surface area contributed by atoms with Crippen molar-refractivity contribution in [1.82, 2.24) is 0 Å². The molecule has 3 nitrogen and oxygen atoms in total. The number of benzene rings is 2. The number of halogens is 2. The van der Waals surface area contributed by atoms with E-state index in [2.05, 4.69) is 15.9 Å². The van der Waals surface area contributed by atoms with Crippen LogP contribution in [-0.2, 0) is 0 Å². The van der Waals surface area contributed by atoms with Crippen molar-refractivity contribution in [2.24, 2.45) is 0 Å². The zero-order chi connectivity index (χ0) is 14.8. The zero-order valence-electron chi connectivity index (χ0n) is 11.2. The monoisotopic (exact) mass is 352 g/mol. The SMILES string of the molecule is OC(c1ccc2c(c1)OCCCO2)c1cc(Br)ccc1F. The van der Waals surface area contributed by atoms with Gasteiger partial charge in [-0.2, -0.15) is 0 Å². The molecule has 21 heavy (non-hydrogen) atoms. The van der Waals surface area contributed by atoms with E-state index in [0.717, 1.165) is 6.42 Å². The second-order valence-corrected chi connectivity index (χ2v) is 5.74. The largest absolute Gasteiger partial charge is 0.490 e. The lowest BCUT2D eigenvalue weighted by molar-refractivity contribution is 0.214. The molecule has 110 valence electrons. The fraction of sp³-hybridized carbons (Fsp3) is 0.250. The highest BCUT2D eigenvalue weighted by Crippen LogP contribution is 2.35. The van der Waals surface area contributed by atoms with Gasteiger partial charge >= 0.3 is 0 Å². The van der Waals surface area contributed by atoms with Gasteiger partial charge < -0.3 is 14.6 Å². The van der Waals surface area contributed by atoms with Gasteiger partial charge in [-0.3, -0.25) is 0 Å². The van der Waals surface area contributed by atoms with Gasteiger partial charge in [0.25, 0.3) is 0 Å². The lowest BCUT2D eigenvalue weighted by Crippen LogP contribution is -2.03. The third-order valence-electron chi connectivity index (χ3n) is 3.34. The Bertz CT molecular complexity index is 660. The Morgan fingerprint density at radius 3 is 2.62 bits per heavy atom. The first-order valence-corrected chi connectivity index (χ1v) is 7.47. The molecule has 0 aliphatic carbocycles. The van der Waals surface area contributed by atoms with Gasteiger partial charge in [-0.25, -0.2) is 4.39 Å². The smallest absolute Gasteiger partial charge is 0.161 e. The highest BCUT2D eigenvalue weighted by atomic mass is 79.9. The molecule has 0 bridgehead atoms. The van der Waals surface area contributed by atoms with Gasteiger partial charge in [-0.05, 0) is 35.9 Å². The van der Waals surface area contributed by atoms with Gasteiger partial charge in [0.05, 0.1) is 13.2 Å². The summed E-state index contributed by atoms with van der Waals surface area (Å²) in [6, 6.07) is 9.66. The van der Waals surface area contributed by atoms with E-state index >= 15 is 0 Å². The van der Waals surface area contributed by atoms with Crippen molar-refractivity contribution in [2.75, 3.05) is 13.2 Å². The van der Waals surface area contributed by atoms with Crippen LogP contribution in [0.3, 0.4) is 0 Å². The topological polar surface area (TPSA) is 38.7 Å². The molecule has 0 aromatic heterocycles. The van der Waals surface area contributed by atoms with Gasteiger partial charge in [-0.1, -0.05) is 22.0 Å². The molecule has 0 fully saturated rings. The number of hydrogen-bond acceptors (Lipinski definition) is 3. The van der Waals surface area contributed by atoms with Crippen molar-refractivity contribution in [3.63, 3.8) is 0 Å². The minimum Gasteiger partial charge on any atom is -0.490 e. The number of fused-ring (bicyclic) bond motifs is 1. The average Bonchev–Trinajstić information content (AvgIpc) is 2.73. The summed E-state index contributed by atoms with van der Waals surface area (Å²) in [6.07, 6.45) is -0.244. The Balaban J connectivity index is 1.96. The maximum atomic E-state index is 13.9. The first kappa shape index (κ1) is 14.4. The lowest BCUT2D eigenvalue weighted by Gasteiger charge is -2.15. The van der Waals surface area contributed by atoms with Gasteiger partial charge in [0.2, 0.25) is 0 Å². The molecule has 5 heteroatoms. The molecule has 1 unspecified atom stereocenters. The second-order valence-electron chi connectivity index (χ2n) is 4.83. The number of aliphatic hydroxyl groups is 1. The maximum absolute atomic E-state index is 13.9. The molecule has 1 aliphatic rings. The van der Waals surface area contributed by atoms with Crippen LogP contribution >= 0.6 is 15.9 Å². The van der Waals surface area contributed by atoms with E-state index in [0.29, 0.717) is 34.7 Å². The average molecular weight is 353 g/mol. The second kappa shape index (κ2) is 6.03. The first-order valence-electron chi connectivity index (χ1n) is 6.68. The number of ether oxygens (including phenoxy) is 2. The predicted octanol–water partition coefficient (Wildman–Crippen LogP) is 3.83. The van der Waals surface area contributed by atoms with Crippen LogP contribution < -0.4 is 9.47 Å². The number of rotatable bonds is 2. The molecule has 2 aromatic carbocycles. The Hall–Kier alpha value is -1.59. The van der Waals surface area contributed by atoms with Gasteiger partial charge in [0.1, 0.15) is 11.9 Å². The summed E-state index contributed by atoms with van der Waals surface area (Å²) in [5, 5.41) is 10.4. The Kier molecular flexibility index (Phi) is 4.12. The van der Waals surface area contributed by atoms with Crippen molar-refractivity contribution in [2.45, 2.75) is 12.5 Å². The third-order valence-corrected chi connectivity index (χ3v) is 3.83. The minimum atomic E-state index is -1.06. The van der Waals surface area contributed by atoms with Crippen LogP contribution in [-0.4, -0.2) is 18.3 Å².